The summed E-state index contributed by atoms with van der Waals surface area (Å²) in [5, 5.41) is 0.668. The summed E-state index contributed by atoms with van der Waals surface area (Å²) in [5.41, 5.74) is -0.470. The maximum absolute atomic E-state index is 10.9. The molecule has 0 rings (SSSR count). The van der Waals surface area contributed by atoms with Gasteiger partial charge in [-0.2, -0.15) is 0 Å². The largest absolute Gasteiger partial charge is 0.342 e. The number of hydrogen-bond donors (Lipinski definition) is 5. The molecule has 0 fully saturated rings. The van der Waals surface area contributed by atoms with Crippen LogP contribution >= 0.6 is 15.2 Å². The zero-order valence-corrected chi connectivity index (χ0v) is 10.6. The molecule has 15 heavy (non-hydrogen) atoms. The quantitative estimate of drug-likeness (QED) is 0.452. The summed E-state index contributed by atoms with van der Waals surface area (Å²) in [5.74, 6) is 0. The molecule has 7 nitrogen and oxygen atoms in total. The Balaban J connectivity index is 4.72. The van der Waals surface area contributed by atoms with E-state index in [1.807, 2.05) is 0 Å². The lowest BCUT2D eigenvalue weighted by Gasteiger charge is -2.26. The third-order valence-electron chi connectivity index (χ3n) is 1.59. The number of hydrogen-bond acceptors (Lipinski definition) is 3. The molecule has 0 atom stereocenters. The fourth-order valence-electron chi connectivity index (χ4n) is 0.831. The molecule has 0 saturated carbocycles. The maximum Gasteiger partial charge on any atom is 0.342 e. The SMILES string of the molecule is CC(C)(C)NCC(P(=O)(O)O)P(=O)(O)O. The van der Waals surface area contributed by atoms with E-state index in [0.717, 1.165) is 0 Å². The molecule has 0 radical (unpaired) electrons. The lowest BCUT2D eigenvalue weighted by atomic mass is 10.1. The van der Waals surface area contributed by atoms with Crippen LogP contribution in [0.3, 0.4) is 0 Å². The zero-order valence-electron chi connectivity index (χ0n) is 8.78. The minimum Gasteiger partial charge on any atom is -0.324 e. The topological polar surface area (TPSA) is 127 Å². The standard InChI is InChI=1S/C6H17NO6P2/c1-6(2,3)7-4-5(14(8,9)10)15(11,12)13/h5,7H,4H2,1-3H3,(H2,8,9,10)(H2,11,12,13). The second-order valence-corrected chi connectivity index (χ2v) is 8.30. The van der Waals surface area contributed by atoms with E-state index in [4.69, 9.17) is 19.6 Å². The Hall–Kier alpha value is 0.260. The number of rotatable bonds is 4. The molecule has 0 heterocycles. The first-order valence-electron chi connectivity index (χ1n) is 4.19. The highest BCUT2D eigenvalue weighted by atomic mass is 31.2. The van der Waals surface area contributed by atoms with E-state index in [-0.39, 0.29) is 0 Å². The van der Waals surface area contributed by atoms with Crippen LogP contribution in [0, 0.1) is 0 Å². The van der Waals surface area contributed by atoms with E-state index in [1.165, 1.54) is 0 Å². The molecule has 92 valence electrons. The summed E-state index contributed by atoms with van der Waals surface area (Å²) < 4.78 is 21.7. The third kappa shape index (κ3) is 6.43. The summed E-state index contributed by atoms with van der Waals surface area (Å²) in [7, 11) is -9.62. The first-order chi connectivity index (χ1) is 6.34. The van der Waals surface area contributed by atoms with Crippen molar-refractivity contribution in [1.29, 1.82) is 0 Å². The van der Waals surface area contributed by atoms with Crippen molar-refractivity contribution in [1.82, 2.24) is 5.32 Å². The minimum atomic E-state index is -4.81. The van der Waals surface area contributed by atoms with E-state index < -0.39 is 32.7 Å². The molecule has 0 aromatic carbocycles. The van der Waals surface area contributed by atoms with Crippen molar-refractivity contribution >= 4 is 15.2 Å². The molecule has 0 amide bonds. The predicted octanol–water partition coefficient (Wildman–Crippen LogP) is 0.0560. The summed E-state index contributed by atoms with van der Waals surface area (Å²) in [6.45, 7) is 4.74. The highest BCUT2D eigenvalue weighted by Gasteiger charge is 2.43. The molecular formula is C6H17NO6P2. The monoisotopic (exact) mass is 261 g/mol. The molecule has 0 saturated heterocycles. The normalized spacial score (nSPS) is 14.7. The van der Waals surface area contributed by atoms with Gasteiger partial charge in [0.2, 0.25) is 0 Å². The predicted molar refractivity (Wildman–Crippen MR) is 55.6 cm³/mol. The Kier molecular flexibility index (Phi) is 4.71. The smallest absolute Gasteiger partial charge is 0.324 e. The zero-order chi connectivity index (χ0) is 12.5. The van der Waals surface area contributed by atoms with Gasteiger partial charge in [0.25, 0.3) is 0 Å². The van der Waals surface area contributed by atoms with Crippen LogP contribution in [0.5, 0.6) is 0 Å². The van der Waals surface area contributed by atoms with E-state index >= 15 is 0 Å². The van der Waals surface area contributed by atoms with Gasteiger partial charge in [0.05, 0.1) is 0 Å². The lowest BCUT2D eigenvalue weighted by Crippen LogP contribution is -2.40. The van der Waals surface area contributed by atoms with Crippen molar-refractivity contribution in [3.05, 3.63) is 0 Å². The van der Waals surface area contributed by atoms with Crippen LogP contribution in [0.2, 0.25) is 0 Å². The number of nitrogens with one attached hydrogen (secondary N) is 1. The molecule has 5 N–H and O–H groups in total. The molecule has 0 aliphatic rings. The molecular weight excluding hydrogens is 244 g/mol. The maximum atomic E-state index is 10.9. The molecule has 0 aliphatic heterocycles. The van der Waals surface area contributed by atoms with Crippen LogP contribution in [0.1, 0.15) is 20.8 Å². The van der Waals surface area contributed by atoms with Crippen molar-refractivity contribution < 1.29 is 28.7 Å². The Labute approximate surface area is 88.2 Å². The van der Waals surface area contributed by atoms with Crippen molar-refractivity contribution in [3.8, 4) is 0 Å². The van der Waals surface area contributed by atoms with Crippen LogP contribution in [-0.4, -0.2) is 37.1 Å². The second kappa shape index (κ2) is 4.63. The van der Waals surface area contributed by atoms with Crippen molar-refractivity contribution in [2.24, 2.45) is 0 Å². The molecule has 0 aromatic heterocycles. The van der Waals surface area contributed by atoms with Crippen LogP contribution in [0.15, 0.2) is 0 Å². The van der Waals surface area contributed by atoms with Crippen LogP contribution < -0.4 is 5.32 Å². The highest BCUT2D eigenvalue weighted by Crippen LogP contribution is 2.59. The van der Waals surface area contributed by atoms with E-state index in [9.17, 15) is 9.13 Å². The van der Waals surface area contributed by atoms with Gasteiger partial charge in [-0.15, -0.1) is 0 Å². The van der Waals surface area contributed by atoms with E-state index in [0.29, 0.717) is 0 Å². The molecule has 0 bridgehead atoms. The van der Waals surface area contributed by atoms with Gasteiger partial charge >= 0.3 is 15.2 Å². The molecule has 9 heteroatoms. The van der Waals surface area contributed by atoms with E-state index in [1.54, 1.807) is 20.8 Å². The highest BCUT2D eigenvalue weighted by molar-refractivity contribution is 7.70. The van der Waals surface area contributed by atoms with Crippen LogP contribution in [-0.2, 0) is 9.13 Å². The van der Waals surface area contributed by atoms with Gasteiger partial charge in [-0.3, -0.25) is 9.13 Å². The lowest BCUT2D eigenvalue weighted by molar-refractivity contribution is 0.328. The average Bonchev–Trinajstić information content (AvgIpc) is 1.75. The Bertz CT molecular complexity index is 277. The van der Waals surface area contributed by atoms with Gasteiger partial charge < -0.3 is 24.9 Å². The fourth-order valence-corrected chi connectivity index (χ4v) is 3.06. The second-order valence-electron chi connectivity index (χ2n) is 4.29. The van der Waals surface area contributed by atoms with E-state index in [2.05, 4.69) is 5.32 Å². The van der Waals surface area contributed by atoms with Gasteiger partial charge in [-0.25, -0.2) is 0 Å². The summed E-state index contributed by atoms with van der Waals surface area (Å²) in [6, 6.07) is 0. The van der Waals surface area contributed by atoms with Crippen molar-refractivity contribution in [2.75, 3.05) is 6.54 Å². The minimum absolute atomic E-state index is 0.432. The molecule has 0 unspecified atom stereocenters. The Morgan fingerprint density at radius 3 is 1.60 bits per heavy atom. The van der Waals surface area contributed by atoms with Gasteiger partial charge in [-0.05, 0) is 20.8 Å². The summed E-state index contributed by atoms with van der Waals surface area (Å²) in [6.07, 6.45) is 0. The van der Waals surface area contributed by atoms with Crippen molar-refractivity contribution in [2.45, 2.75) is 31.7 Å². The van der Waals surface area contributed by atoms with Crippen LogP contribution in [0.25, 0.3) is 0 Å². The summed E-state index contributed by atoms with van der Waals surface area (Å²) >= 11 is 0. The third-order valence-corrected chi connectivity index (χ3v) is 5.31. The first kappa shape index (κ1) is 15.3. The molecule has 0 aliphatic carbocycles. The fraction of sp³-hybridized carbons (Fsp3) is 1.00. The molecule has 0 spiro atoms. The average molecular weight is 261 g/mol. The Morgan fingerprint density at radius 2 is 1.40 bits per heavy atom. The van der Waals surface area contributed by atoms with Gasteiger partial charge in [-0.1, -0.05) is 0 Å². The molecule has 0 aromatic rings. The van der Waals surface area contributed by atoms with Gasteiger partial charge in [0.15, 0.2) is 5.40 Å². The van der Waals surface area contributed by atoms with Crippen LogP contribution in [0.4, 0.5) is 0 Å². The Morgan fingerprint density at radius 1 is 1.07 bits per heavy atom. The van der Waals surface area contributed by atoms with Crippen molar-refractivity contribution in [3.63, 3.8) is 0 Å². The summed E-state index contributed by atoms with van der Waals surface area (Å²) in [4.78, 5) is 35.2. The first-order valence-corrected chi connectivity index (χ1v) is 7.56. The van der Waals surface area contributed by atoms with Gasteiger partial charge in [0.1, 0.15) is 0 Å². The van der Waals surface area contributed by atoms with Gasteiger partial charge in [0, 0.05) is 12.1 Å².